The molecule has 3 N–H and O–H groups in total. The molecular formula is C17H20N4O. The Kier molecular flexibility index (Phi) is 4.06. The molecule has 1 atom stereocenters. The summed E-state index contributed by atoms with van der Waals surface area (Å²) < 4.78 is 0. The first-order valence-electron chi connectivity index (χ1n) is 7.57. The second kappa shape index (κ2) is 6.15. The number of hydrogen-bond acceptors (Lipinski definition) is 4. The van der Waals surface area contributed by atoms with Gasteiger partial charge in [-0.2, -0.15) is 0 Å². The highest BCUT2D eigenvalue weighted by Gasteiger charge is 2.36. The number of para-hydroxylation sites is 1. The molecule has 1 aliphatic rings. The lowest BCUT2D eigenvalue weighted by molar-refractivity contribution is -0.120. The number of hydrazine groups is 1. The van der Waals surface area contributed by atoms with E-state index in [0.29, 0.717) is 12.2 Å². The van der Waals surface area contributed by atoms with Crippen molar-refractivity contribution in [2.75, 3.05) is 10.7 Å². The highest BCUT2D eigenvalue weighted by Crippen LogP contribution is 2.38. The zero-order chi connectivity index (χ0) is 15.5. The quantitative estimate of drug-likeness (QED) is 0.889. The number of anilines is 2. The van der Waals surface area contributed by atoms with Crippen LogP contribution in [0.2, 0.25) is 0 Å². The van der Waals surface area contributed by atoms with Crippen LogP contribution in [0.4, 0.5) is 11.4 Å². The Labute approximate surface area is 130 Å². The van der Waals surface area contributed by atoms with Gasteiger partial charge in [-0.25, -0.2) is 10.4 Å². The number of nitrogen functional groups attached to an aromatic ring is 1. The predicted molar refractivity (Wildman–Crippen MR) is 87.1 cm³/mol. The maximum Gasteiger partial charge on any atom is 0.248 e. The molecule has 1 amide bonds. The van der Waals surface area contributed by atoms with Crippen molar-refractivity contribution in [1.29, 1.82) is 0 Å². The summed E-state index contributed by atoms with van der Waals surface area (Å²) in [6.07, 6.45) is 5.17. The van der Waals surface area contributed by atoms with Crippen molar-refractivity contribution < 1.29 is 4.79 Å². The minimum Gasteiger partial charge on any atom is -0.397 e. The standard InChI is InChI=1S/C17H20N4O/c1-2-5-14-13-6-3-4-7-16(13)21(17(14)22)20-10-12-8-9-19-11-15(12)18/h3-4,6-9,11,14,20H,2,5,10,18H2,1H3. The van der Waals surface area contributed by atoms with Crippen molar-refractivity contribution in [2.45, 2.75) is 32.2 Å². The number of carbonyl (C=O) groups is 1. The van der Waals surface area contributed by atoms with Crippen molar-refractivity contribution in [1.82, 2.24) is 10.4 Å². The molecule has 2 heterocycles. The molecule has 1 unspecified atom stereocenters. The van der Waals surface area contributed by atoms with Crippen LogP contribution >= 0.6 is 0 Å². The lowest BCUT2D eigenvalue weighted by Crippen LogP contribution is -2.41. The van der Waals surface area contributed by atoms with Gasteiger partial charge in [-0.3, -0.25) is 9.78 Å². The van der Waals surface area contributed by atoms with E-state index < -0.39 is 0 Å². The zero-order valence-electron chi connectivity index (χ0n) is 12.6. The number of fused-ring (bicyclic) bond motifs is 1. The first-order valence-corrected chi connectivity index (χ1v) is 7.57. The molecule has 0 fully saturated rings. The van der Waals surface area contributed by atoms with Gasteiger partial charge in [-0.1, -0.05) is 31.5 Å². The molecule has 0 aliphatic carbocycles. The number of nitrogens with two attached hydrogens (primary N) is 1. The number of amides is 1. The monoisotopic (exact) mass is 296 g/mol. The maximum atomic E-state index is 12.7. The van der Waals surface area contributed by atoms with Crippen molar-refractivity contribution in [3.8, 4) is 0 Å². The van der Waals surface area contributed by atoms with Crippen LogP contribution < -0.4 is 16.2 Å². The summed E-state index contributed by atoms with van der Waals surface area (Å²) in [6, 6.07) is 9.81. The molecule has 1 aromatic heterocycles. The summed E-state index contributed by atoms with van der Waals surface area (Å²) in [5.74, 6) is 0.0548. The highest BCUT2D eigenvalue weighted by molar-refractivity contribution is 6.04. The van der Waals surface area contributed by atoms with E-state index in [-0.39, 0.29) is 11.8 Å². The summed E-state index contributed by atoms with van der Waals surface area (Å²) in [6.45, 7) is 2.59. The van der Waals surface area contributed by atoms with Crippen LogP contribution in [0.5, 0.6) is 0 Å². The largest absolute Gasteiger partial charge is 0.397 e. The van der Waals surface area contributed by atoms with E-state index in [1.54, 1.807) is 17.4 Å². The summed E-state index contributed by atoms with van der Waals surface area (Å²) in [7, 11) is 0. The topological polar surface area (TPSA) is 71.2 Å². The second-order valence-corrected chi connectivity index (χ2v) is 5.48. The first kappa shape index (κ1) is 14.5. The van der Waals surface area contributed by atoms with E-state index >= 15 is 0 Å². The van der Waals surface area contributed by atoms with Crippen molar-refractivity contribution in [3.63, 3.8) is 0 Å². The van der Waals surface area contributed by atoms with Crippen LogP contribution in [-0.2, 0) is 11.3 Å². The highest BCUT2D eigenvalue weighted by atomic mass is 16.2. The molecule has 0 radical (unpaired) electrons. The fourth-order valence-electron chi connectivity index (χ4n) is 2.88. The van der Waals surface area contributed by atoms with Crippen molar-refractivity contribution in [2.24, 2.45) is 0 Å². The third-order valence-electron chi connectivity index (χ3n) is 4.02. The normalized spacial score (nSPS) is 16.9. The number of hydrogen-bond donors (Lipinski definition) is 2. The molecule has 5 heteroatoms. The SMILES string of the molecule is CCCC1C(=O)N(NCc2ccncc2N)c2ccccc21. The number of aromatic nitrogens is 1. The molecule has 0 bridgehead atoms. The molecule has 22 heavy (non-hydrogen) atoms. The summed E-state index contributed by atoms with van der Waals surface area (Å²) in [4.78, 5) is 16.7. The van der Waals surface area contributed by atoms with Crippen LogP contribution in [0.15, 0.2) is 42.7 Å². The minimum absolute atomic E-state index is 0.0523. The zero-order valence-corrected chi connectivity index (χ0v) is 12.6. The Morgan fingerprint density at radius 3 is 2.91 bits per heavy atom. The number of pyridine rings is 1. The molecule has 2 aromatic rings. The fourth-order valence-corrected chi connectivity index (χ4v) is 2.88. The van der Waals surface area contributed by atoms with E-state index in [0.717, 1.165) is 29.7 Å². The molecule has 0 saturated carbocycles. The fraction of sp³-hybridized carbons (Fsp3) is 0.294. The Morgan fingerprint density at radius 1 is 1.32 bits per heavy atom. The number of carbonyl (C=O) groups excluding carboxylic acids is 1. The minimum atomic E-state index is -0.0523. The van der Waals surface area contributed by atoms with Gasteiger partial charge in [0.05, 0.1) is 23.5 Å². The van der Waals surface area contributed by atoms with Crippen molar-refractivity contribution in [3.05, 3.63) is 53.9 Å². The van der Waals surface area contributed by atoms with E-state index in [9.17, 15) is 4.79 Å². The average Bonchev–Trinajstić information content (AvgIpc) is 2.80. The van der Waals surface area contributed by atoms with Gasteiger partial charge in [-0.05, 0) is 29.7 Å². The van der Waals surface area contributed by atoms with Crippen molar-refractivity contribution >= 4 is 17.3 Å². The van der Waals surface area contributed by atoms with Gasteiger partial charge in [0.25, 0.3) is 0 Å². The molecule has 1 aromatic carbocycles. The van der Waals surface area contributed by atoms with Gasteiger partial charge < -0.3 is 5.73 Å². The maximum absolute atomic E-state index is 12.7. The Balaban J connectivity index is 1.82. The van der Waals surface area contributed by atoms with Gasteiger partial charge in [0.2, 0.25) is 5.91 Å². The summed E-state index contributed by atoms with van der Waals surface area (Å²) in [5, 5.41) is 1.66. The number of rotatable bonds is 5. The predicted octanol–water partition coefficient (Wildman–Crippen LogP) is 2.60. The second-order valence-electron chi connectivity index (χ2n) is 5.48. The van der Waals surface area contributed by atoms with Gasteiger partial charge >= 0.3 is 0 Å². The first-order chi connectivity index (χ1) is 10.7. The summed E-state index contributed by atoms with van der Waals surface area (Å²) >= 11 is 0. The molecule has 0 spiro atoms. The molecule has 1 aliphatic heterocycles. The lowest BCUT2D eigenvalue weighted by Gasteiger charge is -2.19. The molecule has 114 valence electrons. The van der Waals surface area contributed by atoms with Crippen LogP contribution in [0.3, 0.4) is 0 Å². The Morgan fingerprint density at radius 2 is 2.14 bits per heavy atom. The molecular weight excluding hydrogens is 276 g/mol. The van der Waals surface area contributed by atoms with Crippen LogP contribution in [-0.4, -0.2) is 10.9 Å². The van der Waals surface area contributed by atoms with Crippen LogP contribution in [0.1, 0.15) is 36.8 Å². The van der Waals surface area contributed by atoms with Gasteiger partial charge in [0, 0.05) is 12.7 Å². The van der Waals surface area contributed by atoms with Gasteiger partial charge in [0.1, 0.15) is 0 Å². The van der Waals surface area contributed by atoms with E-state index in [2.05, 4.69) is 17.3 Å². The number of benzene rings is 1. The number of nitrogens with one attached hydrogen (secondary N) is 1. The number of nitrogens with zero attached hydrogens (tertiary/aromatic N) is 2. The van der Waals surface area contributed by atoms with E-state index in [4.69, 9.17) is 5.73 Å². The molecule has 5 nitrogen and oxygen atoms in total. The third kappa shape index (κ3) is 2.55. The third-order valence-corrected chi connectivity index (χ3v) is 4.02. The van der Waals surface area contributed by atoms with Gasteiger partial charge in [0.15, 0.2) is 0 Å². The Hall–Kier alpha value is -2.40. The summed E-state index contributed by atoms with van der Waals surface area (Å²) in [5.41, 5.74) is 12.7. The average molecular weight is 296 g/mol. The van der Waals surface area contributed by atoms with Crippen LogP contribution in [0.25, 0.3) is 0 Å². The van der Waals surface area contributed by atoms with Crippen LogP contribution in [0, 0.1) is 0 Å². The van der Waals surface area contributed by atoms with E-state index in [1.807, 2.05) is 30.3 Å². The molecule has 0 saturated heterocycles. The van der Waals surface area contributed by atoms with E-state index in [1.165, 1.54) is 0 Å². The van der Waals surface area contributed by atoms with Gasteiger partial charge in [-0.15, -0.1) is 0 Å². The lowest BCUT2D eigenvalue weighted by atomic mass is 9.96. The smallest absolute Gasteiger partial charge is 0.248 e. The Bertz CT molecular complexity index is 686. The molecule has 3 rings (SSSR count).